The van der Waals surface area contributed by atoms with E-state index < -0.39 is 0 Å². The van der Waals surface area contributed by atoms with Crippen molar-refractivity contribution in [3.05, 3.63) is 5.21 Å². The van der Waals surface area contributed by atoms with Gasteiger partial charge in [0.1, 0.15) is 0 Å². The molecule has 2 nitrogen and oxygen atoms in total. The Bertz CT molecular complexity index is 398. The maximum Gasteiger partial charge on any atom is 0.0783 e. The van der Waals surface area contributed by atoms with Gasteiger partial charge < -0.3 is 9.85 Å². The van der Waals surface area contributed by atoms with Gasteiger partial charge >= 0.3 is 0 Å². The summed E-state index contributed by atoms with van der Waals surface area (Å²) in [5.41, 5.74) is 0. The molecule has 0 saturated carbocycles. The average molecular weight is 538 g/mol. The molecule has 0 amide bonds. The molecule has 0 aromatic heterocycles. The molecular formula is C36H75NO. The highest BCUT2D eigenvalue weighted by Gasteiger charge is 2.16. The molecule has 0 aromatic rings. The van der Waals surface area contributed by atoms with Gasteiger partial charge in [-0.15, -0.1) is 0 Å². The van der Waals surface area contributed by atoms with Crippen LogP contribution in [0, 0.1) is 5.21 Å². The summed E-state index contributed by atoms with van der Waals surface area (Å²) in [7, 11) is 0. The summed E-state index contributed by atoms with van der Waals surface area (Å²) in [6.07, 6.45) is 40.6. The first-order valence-electron chi connectivity index (χ1n) is 18.3. The summed E-state index contributed by atoms with van der Waals surface area (Å²) in [6.45, 7) is 9.52. The number of quaternary nitrogens is 1. The maximum atomic E-state index is 13.7. The standard InChI is InChI=1S/C36H75NO/c1-4-7-10-13-16-19-21-23-26-29-32-35-37(38,34-31-28-25-18-15-12-9-6-3)36-33-30-27-24-22-20-17-14-11-8-5-2/h4-36H2,1-3H3. The van der Waals surface area contributed by atoms with Gasteiger partial charge in [0.2, 0.25) is 0 Å². The first kappa shape index (κ1) is 37.9. The second-order valence-electron chi connectivity index (χ2n) is 12.8. The van der Waals surface area contributed by atoms with Gasteiger partial charge in [-0.1, -0.05) is 175 Å². The minimum atomic E-state index is 0.116. The molecule has 0 atom stereocenters. The Hall–Kier alpha value is -0.0800. The predicted octanol–water partition coefficient (Wildman–Crippen LogP) is 13.1. The van der Waals surface area contributed by atoms with Crippen LogP contribution in [0.25, 0.3) is 0 Å². The van der Waals surface area contributed by atoms with Crippen molar-refractivity contribution in [2.75, 3.05) is 19.6 Å². The second kappa shape index (κ2) is 31.4. The van der Waals surface area contributed by atoms with Crippen molar-refractivity contribution in [2.24, 2.45) is 0 Å². The molecule has 0 heterocycles. The van der Waals surface area contributed by atoms with Crippen molar-refractivity contribution in [2.45, 2.75) is 213 Å². The molecule has 0 rings (SSSR count). The van der Waals surface area contributed by atoms with Crippen LogP contribution in [0.1, 0.15) is 213 Å². The zero-order valence-electron chi connectivity index (χ0n) is 27.2. The maximum absolute atomic E-state index is 13.7. The van der Waals surface area contributed by atoms with E-state index in [-0.39, 0.29) is 4.65 Å². The first-order chi connectivity index (χ1) is 18.7. The molecule has 0 aliphatic heterocycles. The molecule has 0 radical (unpaired) electrons. The number of hydrogen-bond donors (Lipinski definition) is 0. The van der Waals surface area contributed by atoms with Crippen molar-refractivity contribution in [1.29, 1.82) is 0 Å². The van der Waals surface area contributed by atoms with Crippen LogP contribution in [0.2, 0.25) is 0 Å². The third-order valence-corrected chi connectivity index (χ3v) is 8.76. The van der Waals surface area contributed by atoms with Gasteiger partial charge in [-0.25, -0.2) is 0 Å². The van der Waals surface area contributed by atoms with Gasteiger partial charge in [0, 0.05) is 0 Å². The second-order valence-corrected chi connectivity index (χ2v) is 12.8. The van der Waals surface area contributed by atoms with Gasteiger partial charge in [0.25, 0.3) is 0 Å². The van der Waals surface area contributed by atoms with E-state index in [2.05, 4.69) is 20.8 Å². The molecule has 0 bridgehead atoms. The topological polar surface area (TPSA) is 23.1 Å². The zero-order chi connectivity index (χ0) is 27.8. The largest absolute Gasteiger partial charge is 0.633 e. The van der Waals surface area contributed by atoms with Crippen molar-refractivity contribution in [1.82, 2.24) is 0 Å². The van der Waals surface area contributed by atoms with E-state index in [9.17, 15) is 5.21 Å². The summed E-state index contributed by atoms with van der Waals surface area (Å²) in [4.78, 5) is 0. The Morgan fingerprint density at radius 3 is 0.605 bits per heavy atom. The van der Waals surface area contributed by atoms with Crippen LogP contribution < -0.4 is 0 Å². The highest BCUT2D eigenvalue weighted by atomic mass is 16.5. The lowest BCUT2D eigenvalue weighted by atomic mass is 10.0. The summed E-state index contributed by atoms with van der Waals surface area (Å²) in [5, 5.41) is 13.7. The molecule has 0 aliphatic carbocycles. The summed E-state index contributed by atoms with van der Waals surface area (Å²) < 4.78 is 0.116. The SMILES string of the molecule is CCCCCCCCCCCCC[N+]([O-])(CCCCCCCCCC)CCCCCCCCCCCCC. The molecule has 2 heteroatoms. The van der Waals surface area contributed by atoms with Gasteiger partial charge in [-0.2, -0.15) is 0 Å². The molecule has 0 aromatic carbocycles. The number of nitrogens with zero attached hydrogens (tertiary/aromatic N) is 1. The fourth-order valence-corrected chi connectivity index (χ4v) is 6.00. The van der Waals surface area contributed by atoms with E-state index in [0.29, 0.717) is 0 Å². The highest BCUT2D eigenvalue weighted by Crippen LogP contribution is 2.18. The highest BCUT2D eigenvalue weighted by molar-refractivity contribution is 4.54. The van der Waals surface area contributed by atoms with Crippen LogP contribution in [0.4, 0.5) is 0 Å². The monoisotopic (exact) mass is 538 g/mol. The van der Waals surface area contributed by atoms with Gasteiger partial charge in [-0.05, 0) is 38.5 Å². The molecule has 38 heavy (non-hydrogen) atoms. The van der Waals surface area contributed by atoms with Crippen LogP contribution in [0.15, 0.2) is 0 Å². The van der Waals surface area contributed by atoms with E-state index >= 15 is 0 Å². The Morgan fingerprint density at radius 1 is 0.263 bits per heavy atom. The molecule has 230 valence electrons. The smallest absolute Gasteiger partial charge is 0.0783 e. The van der Waals surface area contributed by atoms with Crippen LogP contribution in [-0.4, -0.2) is 24.3 Å². The van der Waals surface area contributed by atoms with Crippen LogP contribution in [0.5, 0.6) is 0 Å². The van der Waals surface area contributed by atoms with Gasteiger partial charge in [0.15, 0.2) is 0 Å². The summed E-state index contributed by atoms with van der Waals surface area (Å²) >= 11 is 0. The van der Waals surface area contributed by atoms with Crippen molar-refractivity contribution in [3.63, 3.8) is 0 Å². The minimum Gasteiger partial charge on any atom is -0.633 e. The fourth-order valence-electron chi connectivity index (χ4n) is 6.00. The zero-order valence-corrected chi connectivity index (χ0v) is 27.2. The van der Waals surface area contributed by atoms with E-state index in [1.54, 1.807) is 0 Å². The first-order valence-corrected chi connectivity index (χ1v) is 18.3. The molecule has 0 spiro atoms. The summed E-state index contributed by atoms with van der Waals surface area (Å²) in [6, 6.07) is 0. The Kier molecular flexibility index (Phi) is 31.4. The van der Waals surface area contributed by atoms with Crippen molar-refractivity contribution in [3.8, 4) is 0 Å². The minimum absolute atomic E-state index is 0.116. The molecular weight excluding hydrogens is 462 g/mol. The molecule has 0 saturated heterocycles. The summed E-state index contributed by atoms with van der Waals surface area (Å²) in [5.74, 6) is 0. The van der Waals surface area contributed by atoms with Crippen molar-refractivity contribution < 1.29 is 4.65 Å². The van der Waals surface area contributed by atoms with Gasteiger partial charge in [0.05, 0.1) is 19.6 Å². The average Bonchev–Trinajstić information content (AvgIpc) is 2.92. The molecule has 0 fully saturated rings. The Balaban J connectivity index is 4.03. The number of hydroxylamine groups is 3. The quantitative estimate of drug-likeness (QED) is 0.0463. The third-order valence-electron chi connectivity index (χ3n) is 8.76. The van der Waals surface area contributed by atoms with E-state index in [0.717, 1.165) is 38.9 Å². The van der Waals surface area contributed by atoms with Crippen LogP contribution >= 0.6 is 0 Å². The Labute approximate surface area is 242 Å². The lowest BCUT2D eigenvalue weighted by Gasteiger charge is -2.43. The third kappa shape index (κ3) is 28.9. The fraction of sp³-hybridized carbons (Fsp3) is 1.00. The number of unbranched alkanes of at least 4 members (excludes halogenated alkanes) is 27. The molecule has 0 aliphatic rings. The predicted molar refractivity (Wildman–Crippen MR) is 174 cm³/mol. The Morgan fingerprint density at radius 2 is 0.421 bits per heavy atom. The molecule has 0 N–H and O–H groups in total. The normalized spacial score (nSPS) is 12.0. The van der Waals surface area contributed by atoms with Gasteiger partial charge in [-0.3, -0.25) is 0 Å². The van der Waals surface area contributed by atoms with Crippen LogP contribution in [0.3, 0.4) is 0 Å². The van der Waals surface area contributed by atoms with Crippen LogP contribution in [-0.2, 0) is 0 Å². The van der Waals surface area contributed by atoms with E-state index in [4.69, 9.17) is 0 Å². The number of rotatable bonds is 33. The number of hydrogen-bond acceptors (Lipinski definition) is 1. The van der Waals surface area contributed by atoms with E-state index in [1.807, 2.05) is 0 Å². The lowest BCUT2D eigenvalue weighted by molar-refractivity contribution is -0.881. The lowest BCUT2D eigenvalue weighted by Crippen LogP contribution is -2.44. The van der Waals surface area contributed by atoms with Crippen molar-refractivity contribution >= 4 is 0 Å². The van der Waals surface area contributed by atoms with E-state index in [1.165, 1.54) is 173 Å². The molecule has 0 unspecified atom stereocenters.